The molecule has 1 saturated heterocycles. The van der Waals surface area contributed by atoms with E-state index in [1.54, 1.807) is 18.0 Å². The SMILES string of the molecule is CCCCOC1(c2ccccc2C)CN(C(=O)[C@@H](Cc2ccc(OC)cc2)n2cc(CCC(N)=O)nn2)C1. The van der Waals surface area contributed by atoms with Crippen molar-refractivity contribution in [3.8, 4) is 5.75 Å². The molecule has 0 bridgehead atoms. The van der Waals surface area contributed by atoms with Crippen LogP contribution in [0.25, 0.3) is 0 Å². The Morgan fingerprint density at radius 3 is 2.53 bits per heavy atom. The van der Waals surface area contributed by atoms with Crippen LogP contribution in [0.15, 0.2) is 54.7 Å². The average molecular weight is 520 g/mol. The van der Waals surface area contributed by atoms with Gasteiger partial charge >= 0.3 is 0 Å². The number of hydrogen-bond acceptors (Lipinski definition) is 6. The molecule has 0 unspecified atom stereocenters. The second-order valence-corrected chi connectivity index (χ2v) is 9.93. The molecule has 2 heterocycles. The van der Waals surface area contributed by atoms with Gasteiger partial charge in [-0.25, -0.2) is 4.68 Å². The first-order valence-electron chi connectivity index (χ1n) is 13.2. The topological polar surface area (TPSA) is 113 Å². The number of nitrogens with two attached hydrogens (primary N) is 1. The quantitative estimate of drug-likeness (QED) is 0.347. The lowest BCUT2D eigenvalue weighted by atomic mass is 9.82. The van der Waals surface area contributed by atoms with E-state index in [0.29, 0.717) is 38.2 Å². The summed E-state index contributed by atoms with van der Waals surface area (Å²) in [5.41, 5.74) is 8.66. The van der Waals surface area contributed by atoms with Gasteiger partial charge in [0.1, 0.15) is 17.4 Å². The van der Waals surface area contributed by atoms with Crippen LogP contribution in [-0.2, 0) is 32.8 Å². The highest BCUT2D eigenvalue weighted by molar-refractivity contribution is 5.82. The van der Waals surface area contributed by atoms with E-state index in [1.165, 1.54) is 0 Å². The fourth-order valence-corrected chi connectivity index (χ4v) is 4.88. The number of hydrogen-bond donors (Lipinski definition) is 1. The van der Waals surface area contributed by atoms with Crippen LogP contribution in [0.5, 0.6) is 5.75 Å². The molecule has 0 spiro atoms. The molecule has 1 aromatic heterocycles. The van der Waals surface area contributed by atoms with Gasteiger partial charge in [-0.15, -0.1) is 5.10 Å². The Bertz CT molecular complexity index is 1230. The van der Waals surface area contributed by atoms with Crippen LogP contribution >= 0.6 is 0 Å². The molecule has 1 fully saturated rings. The molecule has 0 saturated carbocycles. The van der Waals surface area contributed by atoms with Gasteiger partial charge in [0.2, 0.25) is 11.8 Å². The zero-order valence-electron chi connectivity index (χ0n) is 22.4. The predicted molar refractivity (Wildman–Crippen MR) is 144 cm³/mol. The summed E-state index contributed by atoms with van der Waals surface area (Å²) in [6.45, 7) is 5.82. The number of benzene rings is 2. The van der Waals surface area contributed by atoms with Crippen LogP contribution in [0.3, 0.4) is 0 Å². The van der Waals surface area contributed by atoms with Gasteiger partial charge in [-0.1, -0.05) is 55.0 Å². The maximum absolute atomic E-state index is 13.9. The molecule has 38 heavy (non-hydrogen) atoms. The minimum Gasteiger partial charge on any atom is -0.497 e. The number of ether oxygens (including phenoxy) is 2. The molecule has 2 amide bonds. The summed E-state index contributed by atoms with van der Waals surface area (Å²) < 4.78 is 13.3. The molecular weight excluding hydrogens is 482 g/mol. The lowest BCUT2D eigenvalue weighted by Crippen LogP contribution is -2.64. The van der Waals surface area contributed by atoms with Crippen molar-refractivity contribution < 1.29 is 19.1 Å². The number of carbonyl (C=O) groups excluding carboxylic acids is 2. The van der Waals surface area contributed by atoms with E-state index in [9.17, 15) is 9.59 Å². The molecule has 4 rings (SSSR count). The van der Waals surface area contributed by atoms with Gasteiger partial charge in [-0.3, -0.25) is 9.59 Å². The van der Waals surface area contributed by atoms with Gasteiger partial charge in [0.05, 0.1) is 25.9 Å². The van der Waals surface area contributed by atoms with E-state index in [0.717, 1.165) is 35.3 Å². The minimum atomic E-state index is -0.594. The van der Waals surface area contributed by atoms with Crippen molar-refractivity contribution in [2.75, 3.05) is 26.8 Å². The minimum absolute atomic E-state index is 0.0459. The van der Waals surface area contributed by atoms with Crippen LogP contribution in [0.1, 0.15) is 54.6 Å². The molecule has 9 heteroatoms. The number of aryl methyl sites for hydroxylation is 2. The van der Waals surface area contributed by atoms with Gasteiger partial charge in [0.15, 0.2) is 0 Å². The predicted octanol–water partition coefficient (Wildman–Crippen LogP) is 3.35. The first-order chi connectivity index (χ1) is 18.3. The van der Waals surface area contributed by atoms with Crippen molar-refractivity contribution in [3.63, 3.8) is 0 Å². The molecule has 0 radical (unpaired) electrons. The number of aromatic nitrogens is 3. The van der Waals surface area contributed by atoms with Gasteiger partial charge in [-0.05, 0) is 42.2 Å². The Labute approximate surface area is 223 Å². The lowest BCUT2D eigenvalue weighted by Gasteiger charge is -2.51. The van der Waals surface area contributed by atoms with Crippen LogP contribution in [0, 0.1) is 6.92 Å². The number of primary amides is 1. The van der Waals surface area contributed by atoms with Crippen LogP contribution in [0.4, 0.5) is 0 Å². The molecule has 0 aliphatic carbocycles. The van der Waals surface area contributed by atoms with E-state index >= 15 is 0 Å². The Kier molecular flexibility index (Phi) is 8.78. The maximum Gasteiger partial charge on any atom is 0.248 e. The molecule has 9 nitrogen and oxygen atoms in total. The van der Waals surface area contributed by atoms with Crippen molar-refractivity contribution in [1.29, 1.82) is 0 Å². The van der Waals surface area contributed by atoms with E-state index in [2.05, 4.69) is 36.3 Å². The van der Waals surface area contributed by atoms with Crippen molar-refractivity contribution in [2.45, 2.75) is 57.6 Å². The van der Waals surface area contributed by atoms with E-state index in [4.69, 9.17) is 15.2 Å². The van der Waals surface area contributed by atoms with Gasteiger partial charge in [-0.2, -0.15) is 0 Å². The fraction of sp³-hybridized carbons (Fsp3) is 0.448. The molecular formula is C29H37N5O4. The molecule has 1 aliphatic rings. The third-order valence-corrected chi connectivity index (χ3v) is 7.09. The summed E-state index contributed by atoms with van der Waals surface area (Å²) in [6.07, 6.45) is 4.74. The van der Waals surface area contributed by atoms with Crippen molar-refractivity contribution in [1.82, 2.24) is 19.9 Å². The highest BCUT2D eigenvalue weighted by Crippen LogP contribution is 2.39. The Morgan fingerprint density at radius 1 is 1.13 bits per heavy atom. The third kappa shape index (κ3) is 6.22. The smallest absolute Gasteiger partial charge is 0.248 e. The number of likely N-dealkylation sites (tertiary alicyclic amines) is 1. The van der Waals surface area contributed by atoms with Gasteiger partial charge in [0, 0.05) is 32.1 Å². The molecule has 2 aromatic carbocycles. The Balaban J connectivity index is 1.57. The summed E-state index contributed by atoms with van der Waals surface area (Å²) >= 11 is 0. The normalized spacial score (nSPS) is 15.1. The first kappa shape index (κ1) is 27.3. The molecule has 202 valence electrons. The summed E-state index contributed by atoms with van der Waals surface area (Å²) in [6, 6.07) is 15.3. The lowest BCUT2D eigenvalue weighted by molar-refractivity contribution is -0.176. The van der Waals surface area contributed by atoms with E-state index in [-0.39, 0.29) is 12.3 Å². The Hall–Kier alpha value is -3.72. The average Bonchev–Trinajstić information content (AvgIpc) is 3.37. The zero-order valence-corrected chi connectivity index (χ0v) is 22.4. The molecule has 1 atom stereocenters. The van der Waals surface area contributed by atoms with E-state index < -0.39 is 17.6 Å². The standard InChI is InChI=1S/C29H37N5O4/c1-4-5-16-38-29(25-9-7-6-8-21(25)2)19-33(20-29)28(36)26(17-22-10-13-24(37-3)14-11-22)34-18-23(31-32-34)12-15-27(30)35/h6-11,13-14,18,26H,4-5,12,15-17,19-20H2,1-3H3,(H2,30,35)/t26-/m1/s1. The van der Waals surface area contributed by atoms with Crippen LogP contribution < -0.4 is 10.5 Å². The summed E-state index contributed by atoms with van der Waals surface area (Å²) in [7, 11) is 1.62. The second-order valence-electron chi connectivity index (χ2n) is 9.93. The van der Waals surface area contributed by atoms with Crippen molar-refractivity contribution >= 4 is 11.8 Å². The van der Waals surface area contributed by atoms with Crippen LogP contribution in [-0.4, -0.2) is 58.5 Å². The second kappa shape index (κ2) is 12.2. The maximum atomic E-state index is 13.9. The number of carbonyl (C=O) groups is 2. The van der Waals surface area contributed by atoms with Gasteiger partial charge < -0.3 is 20.1 Å². The van der Waals surface area contributed by atoms with Crippen molar-refractivity contribution in [3.05, 3.63) is 77.1 Å². The Morgan fingerprint density at radius 2 is 1.87 bits per heavy atom. The molecule has 3 aromatic rings. The zero-order chi connectivity index (χ0) is 27.1. The van der Waals surface area contributed by atoms with Gasteiger partial charge in [0.25, 0.3) is 0 Å². The number of methoxy groups -OCH3 is 1. The van der Waals surface area contributed by atoms with E-state index in [1.807, 2.05) is 41.3 Å². The molecule has 2 N–H and O–H groups in total. The highest BCUT2D eigenvalue weighted by atomic mass is 16.5. The summed E-state index contributed by atoms with van der Waals surface area (Å²) in [4.78, 5) is 27.0. The highest BCUT2D eigenvalue weighted by Gasteiger charge is 2.49. The number of rotatable bonds is 13. The monoisotopic (exact) mass is 519 g/mol. The first-order valence-corrected chi connectivity index (χ1v) is 13.2. The van der Waals surface area contributed by atoms with Crippen LogP contribution in [0.2, 0.25) is 0 Å². The fourth-order valence-electron chi connectivity index (χ4n) is 4.88. The molecule has 1 aliphatic heterocycles. The number of amides is 2. The number of unbranched alkanes of at least 4 members (excludes halogenated alkanes) is 1. The summed E-state index contributed by atoms with van der Waals surface area (Å²) in [5.74, 6) is 0.304. The third-order valence-electron chi connectivity index (χ3n) is 7.09. The summed E-state index contributed by atoms with van der Waals surface area (Å²) in [5, 5.41) is 8.46. The number of nitrogens with zero attached hydrogens (tertiary/aromatic N) is 4. The van der Waals surface area contributed by atoms with Crippen molar-refractivity contribution in [2.24, 2.45) is 5.73 Å². The largest absolute Gasteiger partial charge is 0.497 e.